The van der Waals surface area contributed by atoms with Gasteiger partial charge in [0.25, 0.3) is 5.91 Å². The number of hydrogen-bond donors (Lipinski definition) is 4. The highest BCUT2D eigenvalue weighted by atomic mass is 16.6. The SMILES string of the molecule is O=C(Nc1nc2ccc(C3(O)c4ccccc4C(=O)N3Cc3ccccc3)cc2[nH]1)OC1CCNCC1. The summed E-state index contributed by atoms with van der Waals surface area (Å²) < 4.78 is 5.50. The average Bonchev–Trinajstić information content (AvgIpc) is 3.42. The van der Waals surface area contributed by atoms with Crippen LogP contribution in [0.1, 0.15) is 39.9 Å². The van der Waals surface area contributed by atoms with Gasteiger partial charge >= 0.3 is 6.09 Å². The minimum absolute atomic E-state index is 0.123. The molecule has 1 unspecified atom stereocenters. The van der Waals surface area contributed by atoms with E-state index in [1.807, 2.05) is 36.4 Å². The molecule has 0 radical (unpaired) electrons. The summed E-state index contributed by atoms with van der Waals surface area (Å²) >= 11 is 0. The van der Waals surface area contributed by atoms with Gasteiger partial charge in [-0.25, -0.2) is 9.78 Å². The van der Waals surface area contributed by atoms with Crippen molar-refractivity contribution in [1.82, 2.24) is 20.2 Å². The van der Waals surface area contributed by atoms with E-state index in [1.165, 1.54) is 4.90 Å². The number of carbonyl (C=O) groups is 2. The third kappa shape index (κ3) is 4.22. The van der Waals surface area contributed by atoms with Gasteiger partial charge in [0.15, 0.2) is 5.72 Å². The van der Waals surface area contributed by atoms with Gasteiger partial charge in [0.1, 0.15) is 6.10 Å². The number of imidazole rings is 1. The van der Waals surface area contributed by atoms with E-state index in [9.17, 15) is 14.7 Å². The topological polar surface area (TPSA) is 120 Å². The first kappa shape index (κ1) is 23.2. The van der Waals surface area contributed by atoms with Gasteiger partial charge in [-0.2, -0.15) is 0 Å². The molecule has 2 aliphatic rings. The van der Waals surface area contributed by atoms with E-state index in [0.29, 0.717) is 27.7 Å². The van der Waals surface area contributed by atoms with Crippen molar-refractivity contribution >= 4 is 29.0 Å². The maximum atomic E-state index is 13.4. The van der Waals surface area contributed by atoms with Crippen molar-refractivity contribution in [2.45, 2.75) is 31.2 Å². The molecule has 4 aromatic rings. The number of ether oxygens (including phenoxy) is 1. The lowest BCUT2D eigenvalue weighted by molar-refractivity contribution is -0.0542. The summed E-state index contributed by atoms with van der Waals surface area (Å²) in [5.41, 5.74) is 1.96. The van der Waals surface area contributed by atoms with Crippen molar-refractivity contribution in [3.63, 3.8) is 0 Å². The highest BCUT2D eigenvalue weighted by molar-refractivity contribution is 6.00. The Morgan fingerprint density at radius 3 is 2.65 bits per heavy atom. The number of aromatic nitrogens is 2. The van der Waals surface area contributed by atoms with Crippen LogP contribution in [-0.2, 0) is 17.0 Å². The van der Waals surface area contributed by atoms with E-state index in [2.05, 4.69) is 20.6 Å². The molecule has 0 aliphatic carbocycles. The molecule has 9 heteroatoms. The second-order valence-corrected chi connectivity index (χ2v) is 9.39. The Hall–Kier alpha value is -4.21. The van der Waals surface area contributed by atoms with Crippen molar-refractivity contribution in [1.29, 1.82) is 0 Å². The predicted molar refractivity (Wildman–Crippen MR) is 138 cm³/mol. The van der Waals surface area contributed by atoms with Gasteiger partial charge < -0.3 is 20.1 Å². The number of rotatable bonds is 5. The fourth-order valence-corrected chi connectivity index (χ4v) is 5.15. The molecule has 1 aromatic heterocycles. The quantitative estimate of drug-likeness (QED) is 0.334. The predicted octanol–water partition coefficient (Wildman–Crippen LogP) is 3.71. The van der Waals surface area contributed by atoms with Gasteiger partial charge in [-0.3, -0.25) is 15.0 Å². The number of nitrogens with one attached hydrogen (secondary N) is 3. The number of benzene rings is 3. The van der Waals surface area contributed by atoms with Crippen LogP contribution in [0.15, 0.2) is 72.8 Å². The molecular formula is C28H27N5O4. The number of aliphatic hydroxyl groups is 1. The van der Waals surface area contributed by atoms with Crippen molar-refractivity contribution in [2.24, 2.45) is 0 Å². The molecular weight excluding hydrogens is 470 g/mol. The second kappa shape index (κ2) is 9.34. The van der Waals surface area contributed by atoms with Gasteiger partial charge in [0, 0.05) is 23.2 Å². The normalized spacial score (nSPS) is 19.7. The first-order valence-electron chi connectivity index (χ1n) is 12.4. The monoisotopic (exact) mass is 497 g/mol. The molecule has 2 amide bonds. The number of piperidine rings is 1. The summed E-state index contributed by atoms with van der Waals surface area (Å²) in [4.78, 5) is 34.8. The summed E-state index contributed by atoms with van der Waals surface area (Å²) in [6.07, 6.45) is 0.862. The lowest BCUT2D eigenvalue weighted by Crippen LogP contribution is -2.44. The highest BCUT2D eigenvalue weighted by Gasteiger charge is 2.49. The number of hydrogen-bond acceptors (Lipinski definition) is 6. The van der Waals surface area contributed by atoms with Crippen molar-refractivity contribution < 1.29 is 19.4 Å². The fraction of sp³-hybridized carbons (Fsp3) is 0.250. The molecule has 3 heterocycles. The Bertz CT molecular complexity index is 1460. The molecule has 1 saturated heterocycles. The van der Waals surface area contributed by atoms with E-state index in [0.717, 1.165) is 31.5 Å². The maximum Gasteiger partial charge on any atom is 0.414 e. The lowest BCUT2D eigenvalue weighted by Gasteiger charge is -2.35. The standard InChI is InChI=1S/C28H27N5O4/c34-25-21-8-4-5-9-22(21)28(36,33(25)17-18-6-2-1-3-7-18)19-10-11-23-24(16-19)31-26(30-23)32-27(35)37-20-12-14-29-15-13-20/h1-11,16,20,29,36H,12-15,17H2,(H2,30,31,32,35). The number of fused-ring (bicyclic) bond motifs is 2. The lowest BCUT2D eigenvalue weighted by atomic mass is 9.93. The van der Waals surface area contributed by atoms with E-state index in [1.54, 1.807) is 36.4 Å². The van der Waals surface area contributed by atoms with Crippen LogP contribution < -0.4 is 10.6 Å². The number of nitrogens with zero attached hydrogens (tertiary/aromatic N) is 2. The van der Waals surface area contributed by atoms with Crippen LogP contribution in [0.4, 0.5) is 10.7 Å². The summed E-state index contributed by atoms with van der Waals surface area (Å²) in [6.45, 7) is 1.88. The molecule has 3 aromatic carbocycles. The number of aromatic amines is 1. The molecule has 1 fully saturated rings. The average molecular weight is 498 g/mol. The Morgan fingerprint density at radius 2 is 1.84 bits per heavy atom. The van der Waals surface area contributed by atoms with Gasteiger partial charge in [-0.15, -0.1) is 0 Å². The molecule has 6 rings (SSSR count). The molecule has 4 N–H and O–H groups in total. The van der Waals surface area contributed by atoms with Crippen molar-refractivity contribution in [3.8, 4) is 0 Å². The van der Waals surface area contributed by atoms with Crippen LogP contribution in [0.25, 0.3) is 11.0 Å². The largest absolute Gasteiger partial charge is 0.446 e. The van der Waals surface area contributed by atoms with Crippen LogP contribution in [0.2, 0.25) is 0 Å². The van der Waals surface area contributed by atoms with E-state index < -0.39 is 11.8 Å². The molecule has 0 spiro atoms. The summed E-state index contributed by atoms with van der Waals surface area (Å²) in [6, 6.07) is 22.0. The first-order chi connectivity index (χ1) is 18.0. The van der Waals surface area contributed by atoms with E-state index in [-0.39, 0.29) is 24.5 Å². The second-order valence-electron chi connectivity index (χ2n) is 9.39. The number of amides is 2. The Morgan fingerprint density at radius 1 is 1.08 bits per heavy atom. The Kier molecular flexibility index (Phi) is 5.86. The zero-order chi connectivity index (χ0) is 25.4. The Balaban J connectivity index is 1.31. The summed E-state index contributed by atoms with van der Waals surface area (Å²) in [5, 5.41) is 18.1. The summed E-state index contributed by atoms with van der Waals surface area (Å²) in [7, 11) is 0. The number of anilines is 1. The van der Waals surface area contributed by atoms with E-state index in [4.69, 9.17) is 4.74 Å². The zero-order valence-electron chi connectivity index (χ0n) is 20.1. The van der Waals surface area contributed by atoms with Gasteiger partial charge in [-0.1, -0.05) is 54.6 Å². The third-order valence-electron chi connectivity index (χ3n) is 7.02. The minimum Gasteiger partial charge on any atom is -0.446 e. The molecule has 37 heavy (non-hydrogen) atoms. The first-order valence-corrected chi connectivity index (χ1v) is 12.4. The van der Waals surface area contributed by atoms with Gasteiger partial charge in [0.05, 0.1) is 11.0 Å². The van der Waals surface area contributed by atoms with Crippen LogP contribution in [0.3, 0.4) is 0 Å². The van der Waals surface area contributed by atoms with Crippen molar-refractivity contribution in [2.75, 3.05) is 18.4 Å². The molecule has 188 valence electrons. The zero-order valence-corrected chi connectivity index (χ0v) is 20.1. The molecule has 2 aliphatic heterocycles. The fourth-order valence-electron chi connectivity index (χ4n) is 5.15. The van der Waals surface area contributed by atoms with Crippen molar-refractivity contribution in [3.05, 3.63) is 95.1 Å². The van der Waals surface area contributed by atoms with Crippen LogP contribution in [-0.4, -0.2) is 51.2 Å². The molecule has 0 saturated carbocycles. The molecule has 9 nitrogen and oxygen atoms in total. The summed E-state index contributed by atoms with van der Waals surface area (Å²) in [5.74, 6) is 0.0109. The van der Waals surface area contributed by atoms with Crippen LogP contribution >= 0.6 is 0 Å². The molecule has 0 bridgehead atoms. The molecule has 1 atom stereocenters. The van der Waals surface area contributed by atoms with Gasteiger partial charge in [0.2, 0.25) is 5.95 Å². The van der Waals surface area contributed by atoms with Crippen LogP contribution in [0.5, 0.6) is 0 Å². The smallest absolute Gasteiger partial charge is 0.414 e. The van der Waals surface area contributed by atoms with Crippen LogP contribution in [0, 0.1) is 0 Å². The van der Waals surface area contributed by atoms with Gasteiger partial charge in [-0.05, 0) is 49.7 Å². The third-order valence-corrected chi connectivity index (χ3v) is 7.02. The minimum atomic E-state index is -1.68. The van der Waals surface area contributed by atoms with E-state index >= 15 is 0 Å². The number of H-pyrrole nitrogens is 1. The number of carbonyl (C=O) groups excluding carboxylic acids is 2. The maximum absolute atomic E-state index is 13.4. The Labute approximate surface area is 213 Å². The highest BCUT2D eigenvalue weighted by Crippen LogP contribution is 2.43.